The number of carbonyl (C=O) groups excluding carboxylic acids is 4. The van der Waals surface area contributed by atoms with Crippen LogP contribution < -0.4 is 36.2 Å². The molecule has 9 rings (SSSR count). The molecular weight excluding hydrogens is 1030 g/mol. The highest BCUT2D eigenvalue weighted by molar-refractivity contribution is 7.99. The number of nitrogens with two attached hydrogens (primary N) is 1. The largest absolute Gasteiger partial charge is 0.492 e. The normalized spacial score (nSPS) is 18.7. The molecule has 22 heteroatoms. The number of piperazine rings is 1. The topological polar surface area (TPSA) is 217 Å². The van der Waals surface area contributed by atoms with E-state index in [-0.39, 0.29) is 42.3 Å². The fraction of sp³-hybridized carbons (Fsp3) is 0.500. The molecule has 0 spiro atoms. The number of anilines is 3. The summed E-state index contributed by atoms with van der Waals surface area (Å²) in [6.45, 7) is 16.6. The molecule has 2 atom stereocenters. The van der Waals surface area contributed by atoms with Crippen molar-refractivity contribution in [3.8, 4) is 16.2 Å². The highest BCUT2D eigenvalue weighted by Crippen LogP contribution is 2.41. The molecule has 3 saturated heterocycles. The van der Waals surface area contributed by atoms with E-state index in [4.69, 9.17) is 22.1 Å². The summed E-state index contributed by atoms with van der Waals surface area (Å²) in [4.78, 5) is 77.6. The smallest absolute Gasteiger partial charge is 0.276 e. The van der Waals surface area contributed by atoms with Crippen molar-refractivity contribution >= 4 is 75.7 Å². The monoisotopic (exact) mass is 1100 g/mol. The number of amides is 4. The minimum absolute atomic E-state index is 0.142. The molecule has 1 saturated carbocycles. The number of benzene rings is 2. The molecule has 4 aliphatic rings. The van der Waals surface area contributed by atoms with Crippen LogP contribution >= 0.6 is 34.7 Å². The maximum absolute atomic E-state index is 14.7. The number of alkyl halides is 1. The van der Waals surface area contributed by atoms with Crippen LogP contribution in [-0.4, -0.2) is 142 Å². The molecule has 76 heavy (non-hydrogen) atoms. The van der Waals surface area contributed by atoms with Gasteiger partial charge in [0, 0.05) is 69.4 Å². The predicted molar refractivity (Wildman–Crippen MR) is 294 cm³/mol. The minimum Gasteiger partial charge on any atom is -0.492 e. The average Bonchev–Trinajstić information content (AvgIpc) is 3.74. The second-order valence-electron chi connectivity index (χ2n) is 21.6. The molecule has 4 amide bonds. The van der Waals surface area contributed by atoms with Gasteiger partial charge in [-0.25, -0.2) is 19.3 Å². The Hall–Kier alpha value is -6.00. The minimum atomic E-state index is -1.93. The van der Waals surface area contributed by atoms with Crippen LogP contribution in [0, 0.1) is 17.8 Å². The summed E-state index contributed by atoms with van der Waals surface area (Å²) < 4.78 is 21.2. The van der Waals surface area contributed by atoms with Gasteiger partial charge in [-0.1, -0.05) is 69.3 Å². The van der Waals surface area contributed by atoms with Gasteiger partial charge in [0.25, 0.3) is 11.8 Å². The van der Waals surface area contributed by atoms with E-state index in [2.05, 4.69) is 62.7 Å². The first-order valence-corrected chi connectivity index (χ1v) is 28.1. The Balaban J connectivity index is 0.756. The van der Waals surface area contributed by atoms with Gasteiger partial charge in [-0.05, 0) is 98.7 Å². The van der Waals surface area contributed by atoms with Crippen molar-refractivity contribution in [3.63, 3.8) is 0 Å². The molecule has 4 fully saturated rings. The van der Waals surface area contributed by atoms with E-state index in [0.717, 1.165) is 71.4 Å². The van der Waals surface area contributed by atoms with Gasteiger partial charge in [0.2, 0.25) is 11.8 Å². The predicted octanol–water partition coefficient (Wildman–Crippen LogP) is 7.16. The Kier molecular flexibility index (Phi) is 16.8. The highest BCUT2D eigenvalue weighted by atomic mass is 35.5. The van der Waals surface area contributed by atoms with Gasteiger partial charge in [0.1, 0.15) is 35.3 Å². The van der Waals surface area contributed by atoms with E-state index in [1.807, 2.05) is 63.5 Å². The van der Waals surface area contributed by atoms with Gasteiger partial charge in [-0.2, -0.15) is 0 Å². The molecule has 1 aliphatic carbocycles. The summed E-state index contributed by atoms with van der Waals surface area (Å²) in [6, 6.07) is 13.1. The van der Waals surface area contributed by atoms with Gasteiger partial charge in [0.15, 0.2) is 17.2 Å². The third-order valence-corrected chi connectivity index (χ3v) is 17.4. The van der Waals surface area contributed by atoms with Crippen molar-refractivity contribution in [2.24, 2.45) is 16.6 Å². The van der Waals surface area contributed by atoms with E-state index in [9.17, 15) is 23.6 Å². The van der Waals surface area contributed by atoms with Crippen molar-refractivity contribution in [2.75, 3.05) is 80.6 Å². The summed E-state index contributed by atoms with van der Waals surface area (Å²) in [5, 5.41) is 18.4. The van der Waals surface area contributed by atoms with Crippen molar-refractivity contribution in [1.29, 1.82) is 0 Å². The first-order valence-electron chi connectivity index (χ1n) is 26.0. The number of nitrogens with one attached hydrogen (secondary N) is 3. The molecule has 0 unspecified atom stereocenters. The van der Waals surface area contributed by atoms with Gasteiger partial charge < -0.3 is 41.1 Å². The summed E-state index contributed by atoms with van der Waals surface area (Å²) in [7, 11) is 0. The second-order valence-corrected chi connectivity index (χ2v) is 23.9. The molecule has 0 radical (unpaired) electrons. The first-order chi connectivity index (χ1) is 36.4. The first kappa shape index (κ1) is 54.8. The van der Waals surface area contributed by atoms with E-state index < -0.39 is 35.0 Å². The maximum atomic E-state index is 14.7. The summed E-state index contributed by atoms with van der Waals surface area (Å²) >= 11 is 9.73. The third-order valence-electron chi connectivity index (χ3n) is 14.9. The lowest BCUT2D eigenvalue weighted by atomic mass is 9.80. The lowest BCUT2D eigenvalue weighted by molar-refractivity contribution is -0.144. The quantitative estimate of drug-likeness (QED) is 0.0685. The van der Waals surface area contributed by atoms with Crippen molar-refractivity contribution < 1.29 is 28.3 Å². The second kappa shape index (κ2) is 23.3. The standard InChI is InChI=1S/C54H67ClFN13O5S2/c1-34-46(75-33-61-34)35-11-12-36(29-60-49(71)39-9-7-19-69(39)50(72)47(52(2,3)4)63-51(73)54(56)15-16-54)40(28-35)74-27-26-66-22-24-68(25-23-66)42-14-13-38(64-65-42)48(70)62-37-8-6-10-41(45(37)55)76-44-31-58-43(30-59-44)67-20-17-53(5,32-57)18-21-67/h6,8,10-14,28,30-31,33,39,47H,7,9,15-27,29,32,57H2,1-5H3,(H,60,71)(H,62,70)(H,63,73)/t39-,47+/m0/s1. The van der Waals surface area contributed by atoms with Gasteiger partial charge >= 0.3 is 0 Å². The molecule has 2 aromatic carbocycles. The molecule has 404 valence electrons. The average molecular weight is 1100 g/mol. The highest BCUT2D eigenvalue weighted by Gasteiger charge is 2.53. The number of halogens is 2. The van der Waals surface area contributed by atoms with Crippen LogP contribution in [0.2, 0.25) is 5.02 Å². The lowest BCUT2D eigenvalue weighted by Gasteiger charge is -2.39. The van der Waals surface area contributed by atoms with Crippen LogP contribution in [0.5, 0.6) is 5.75 Å². The van der Waals surface area contributed by atoms with Gasteiger partial charge in [-0.15, -0.1) is 21.5 Å². The van der Waals surface area contributed by atoms with Crippen LogP contribution in [-0.2, 0) is 20.9 Å². The number of aryl methyl sites for hydroxylation is 1. The lowest BCUT2D eigenvalue weighted by Crippen LogP contribution is -2.58. The molecule has 3 aromatic heterocycles. The number of carbonyl (C=O) groups is 4. The molecule has 3 aliphatic heterocycles. The van der Waals surface area contributed by atoms with Crippen molar-refractivity contribution in [3.05, 3.63) is 88.4 Å². The van der Waals surface area contributed by atoms with Crippen molar-refractivity contribution in [2.45, 2.75) is 107 Å². The fourth-order valence-corrected chi connectivity index (χ4v) is 11.5. The van der Waals surface area contributed by atoms with Crippen LogP contribution in [0.4, 0.5) is 21.7 Å². The van der Waals surface area contributed by atoms with Gasteiger partial charge in [0.05, 0.1) is 39.2 Å². The SMILES string of the molecule is Cc1ncsc1-c1ccc(CNC(=O)[C@@H]2CCCN2C(=O)[C@@H](NC(=O)C2(F)CC2)C(C)(C)C)c(OCCN2CCN(c3ccc(C(=O)Nc4cccc(Sc5cnc(N6CCC(C)(CN)CC6)cn5)c4Cl)nn3)CC2)c1. The molecule has 6 heterocycles. The summed E-state index contributed by atoms with van der Waals surface area (Å²) in [5.41, 5.74) is 8.58. The van der Waals surface area contributed by atoms with E-state index in [1.54, 1.807) is 41.9 Å². The molecular formula is C54H67ClFN13O5S2. The van der Waals surface area contributed by atoms with Crippen LogP contribution in [0.1, 0.15) is 88.0 Å². The van der Waals surface area contributed by atoms with Gasteiger partial charge in [-0.3, -0.25) is 24.1 Å². The Bertz CT molecular complexity index is 2890. The van der Waals surface area contributed by atoms with Crippen molar-refractivity contribution in [1.82, 2.24) is 45.6 Å². The maximum Gasteiger partial charge on any atom is 0.276 e. The number of rotatable bonds is 18. The van der Waals surface area contributed by atoms with Crippen LogP contribution in [0.25, 0.3) is 10.4 Å². The fourth-order valence-electron chi connectivity index (χ4n) is 9.66. The number of nitrogens with zero attached hydrogens (tertiary/aromatic N) is 9. The number of likely N-dealkylation sites (tertiary alicyclic amines) is 1. The summed E-state index contributed by atoms with van der Waals surface area (Å²) in [6.07, 6.45) is 6.94. The number of ether oxygens (including phenoxy) is 1. The number of piperidine rings is 1. The van der Waals surface area contributed by atoms with E-state index >= 15 is 0 Å². The van der Waals surface area contributed by atoms with Crippen LogP contribution in [0.3, 0.4) is 0 Å². The third kappa shape index (κ3) is 12.9. The zero-order valence-electron chi connectivity index (χ0n) is 43.7. The molecule has 5 N–H and O–H groups in total. The zero-order chi connectivity index (χ0) is 53.8. The Morgan fingerprint density at radius 3 is 2.36 bits per heavy atom. The Morgan fingerprint density at radius 1 is 0.934 bits per heavy atom. The molecule has 5 aromatic rings. The van der Waals surface area contributed by atoms with Crippen LogP contribution in [0.15, 0.2) is 76.4 Å². The Labute approximate surface area is 456 Å². The Morgan fingerprint density at radius 2 is 1.70 bits per heavy atom. The van der Waals surface area contributed by atoms with E-state index in [0.29, 0.717) is 79.5 Å². The number of thiazole rings is 1. The molecule has 0 bridgehead atoms. The summed E-state index contributed by atoms with van der Waals surface area (Å²) in [5.74, 6) is 0.239. The molecule has 18 nitrogen and oxygen atoms in total. The van der Waals surface area contributed by atoms with E-state index in [1.165, 1.54) is 16.7 Å². The number of hydrogen-bond acceptors (Lipinski definition) is 16. The number of aromatic nitrogens is 5. The zero-order valence-corrected chi connectivity index (χ0v) is 46.1. The number of hydrogen-bond donors (Lipinski definition) is 4.